The maximum atomic E-state index is 12.0. The summed E-state index contributed by atoms with van der Waals surface area (Å²) in [6.07, 6.45) is 2.56. The second-order valence-electron chi connectivity index (χ2n) is 4.84. The Morgan fingerprint density at radius 3 is 2.53 bits per heavy atom. The molecule has 0 aromatic rings. The monoisotopic (exact) mass is 292 g/mol. The van der Waals surface area contributed by atoms with E-state index in [9.17, 15) is 13.2 Å². The molecule has 1 aliphatic rings. The van der Waals surface area contributed by atoms with Gasteiger partial charge < -0.3 is 10.6 Å². The van der Waals surface area contributed by atoms with E-state index in [2.05, 4.69) is 4.72 Å². The van der Waals surface area contributed by atoms with Gasteiger partial charge >= 0.3 is 0 Å². The predicted molar refractivity (Wildman–Crippen MR) is 73.6 cm³/mol. The zero-order valence-electron chi connectivity index (χ0n) is 11.6. The van der Waals surface area contributed by atoms with Gasteiger partial charge in [0.1, 0.15) is 0 Å². The number of carbonyl (C=O) groups excluding carboxylic acids is 1. The smallest absolute Gasteiger partial charge is 0.279 e. The number of hydrogen-bond acceptors (Lipinski definition) is 4. The summed E-state index contributed by atoms with van der Waals surface area (Å²) in [5.41, 5.74) is 5.35. The van der Waals surface area contributed by atoms with Crippen LogP contribution in [0.15, 0.2) is 0 Å². The Morgan fingerprint density at radius 2 is 2.00 bits per heavy atom. The van der Waals surface area contributed by atoms with Gasteiger partial charge in [0.15, 0.2) is 0 Å². The Hall–Kier alpha value is -0.700. The quantitative estimate of drug-likeness (QED) is 0.636. The molecule has 19 heavy (non-hydrogen) atoms. The Kier molecular flexibility index (Phi) is 6.18. The normalized spacial score (nSPS) is 18.0. The lowest BCUT2D eigenvalue weighted by atomic mass is 10.3. The van der Waals surface area contributed by atoms with Crippen LogP contribution in [-0.2, 0) is 15.0 Å². The molecule has 1 rings (SSSR count). The van der Waals surface area contributed by atoms with Crippen LogP contribution >= 0.6 is 0 Å². The van der Waals surface area contributed by atoms with Crippen LogP contribution in [0.4, 0.5) is 0 Å². The lowest BCUT2D eigenvalue weighted by molar-refractivity contribution is -0.131. The maximum absolute atomic E-state index is 12.0. The molecule has 0 aromatic heterocycles. The van der Waals surface area contributed by atoms with Crippen molar-refractivity contribution in [3.63, 3.8) is 0 Å². The lowest BCUT2D eigenvalue weighted by Crippen LogP contribution is -2.50. The first-order valence-corrected chi connectivity index (χ1v) is 8.05. The molecule has 1 amide bonds. The molecule has 1 aliphatic heterocycles. The van der Waals surface area contributed by atoms with Crippen LogP contribution in [0.2, 0.25) is 0 Å². The molecule has 8 heteroatoms. The Labute approximate surface area is 115 Å². The van der Waals surface area contributed by atoms with E-state index in [4.69, 9.17) is 5.73 Å². The van der Waals surface area contributed by atoms with Crippen LogP contribution in [0.1, 0.15) is 26.2 Å². The minimum absolute atomic E-state index is 0.159. The summed E-state index contributed by atoms with van der Waals surface area (Å²) in [5.74, 6) is -0.159. The maximum Gasteiger partial charge on any atom is 0.279 e. The molecule has 1 saturated heterocycles. The first-order valence-electron chi connectivity index (χ1n) is 6.61. The first kappa shape index (κ1) is 16.4. The minimum atomic E-state index is -3.63. The van der Waals surface area contributed by atoms with Gasteiger partial charge in [-0.25, -0.2) is 0 Å². The highest BCUT2D eigenvalue weighted by Crippen LogP contribution is 2.09. The zero-order chi connectivity index (χ0) is 14.5. The molecule has 7 nitrogen and oxygen atoms in total. The number of amides is 1. The van der Waals surface area contributed by atoms with E-state index < -0.39 is 16.3 Å². The molecule has 0 spiro atoms. The molecule has 1 unspecified atom stereocenters. The summed E-state index contributed by atoms with van der Waals surface area (Å²) in [6, 6.07) is -0.733. The van der Waals surface area contributed by atoms with Crippen LogP contribution < -0.4 is 10.5 Å². The second-order valence-corrected chi connectivity index (χ2v) is 6.65. The largest absolute Gasteiger partial charge is 0.341 e. The molecule has 0 aliphatic carbocycles. The Balaban J connectivity index is 2.53. The molecule has 112 valence electrons. The van der Waals surface area contributed by atoms with Crippen molar-refractivity contribution < 1.29 is 13.2 Å². The number of rotatable bonds is 7. The molecular weight excluding hydrogens is 268 g/mol. The fourth-order valence-corrected chi connectivity index (χ4v) is 3.11. The lowest BCUT2D eigenvalue weighted by Gasteiger charge is -2.24. The highest BCUT2D eigenvalue weighted by atomic mass is 32.2. The first-order chi connectivity index (χ1) is 8.88. The number of nitrogens with two attached hydrogens (primary N) is 1. The van der Waals surface area contributed by atoms with Crippen LogP contribution in [0.5, 0.6) is 0 Å². The number of carbonyl (C=O) groups is 1. The van der Waals surface area contributed by atoms with Crippen molar-refractivity contribution in [3.05, 3.63) is 0 Å². The average molecular weight is 292 g/mol. The molecule has 1 heterocycles. The molecule has 1 atom stereocenters. The van der Waals surface area contributed by atoms with Gasteiger partial charge in [-0.1, -0.05) is 0 Å². The summed E-state index contributed by atoms with van der Waals surface area (Å²) in [6.45, 7) is 3.79. The van der Waals surface area contributed by atoms with Gasteiger partial charge in [-0.05, 0) is 32.7 Å². The van der Waals surface area contributed by atoms with Crippen LogP contribution in [-0.4, -0.2) is 62.8 Å². The summed E-state index contributed by atoms with van der Waals surface area (Å²) in [5, 5.41) is 0. The third-order valence-corrected chi connectivity index (χ3v) is 4.86. The van der Waals surface area contributed by atoms with E-state index in [0.29, 0.717) is 32.6 Å². The molecule has 3 N–H and O–H groups in total. The van der Waals surface area contributed by atoms with Crippen LogP contribution in [0.3, 0.4) is 0 Å². The third-order valence-electron chi connectivity index (χ3n) is 3.20. The topological polar surface area (TPSA) is 95.7 Å². The van der Waals surface area contributed by atoms with Crippen molar-refractivity contribution in [1.29, 1.82) is 0 Å². The molecule has 0 saturated carbocycles. The number of nitrogens with zero attached hydrogens (tertiary/aromatic N) is 2. The SMILES string of the molecule is CC(NS(=O)(=O)N(C)CCCN)C(=O)N1CCCC1. The summed E-state index contributed by atoms with van der Waals surface area (Å²) >= 11 is 0. The zero-order valence-corrected chi connectivity index (χ0v) is 12.4. The van der Waals surface area contributed by atoms with Gasteiger partial charge in [-0.2, -0.15) is 17.4 Å². The van der Waals surface area contributed by atoms with Gasteiger partial charge in [-0.15, -0.1) is 0 Å². The summed E-state index contributed by atoms with van der Waals surface area (Å²) in [7, 11) is -2.15. The summed E-state index contributed by atoms with van der Waals surface area (Å²) in [4.78, 5) is 13.7. The van der Waals surface area contributed by atoms with Gasteiger partial charge in [0.25, 0.3) is 10.2 Å². The average Bonchev–Trinajstić information content (AvgIpc) is 2.87. The molecule has 0 bridgehead atoms. The number of hydrogen-bond donors (Lipinski definition) is 2. The van der Waals surface area contributed by atoms with Crippen molar-refractivity contribution >= 4 is 16.1 Å². The minimum Gasteiger partial charge on any atom is -0.341 e. The van der Waals surface area contributed by atoms with Gasteiger partial charge in [0, 0.05) is 26.7 Å². The standard InChI is InChI=1S/C11H24N4O3S/c1-10(11(16)15-8-3-4-9-15)13-19(17,18)14(2)7-5-6-12/h10,13H,3-9,12H2,1-2H3. The Bertz CT molecular complexity index is 393. The van der Waals surface area contributed by atoms with Crippen molar-refractivity contribution in [2.75, 3.05) is 33.2 Å². The Morgan fingerprint density at radius 1 is 1.42 bits per heavy atom. The fourth-order valence-electron chi connectivity index (χ4n) is 2.01. The van der Waals surface area contributed by atoms with E-state index in [1.54, 1.807) is 11.8 Å². The molecule has 0 radical (unpaired) electrons. The van der Waals surface area contributed by atoms with Crippen molar-refractivity contribution in [2.45, 2.75) is 32.2 Å². The van der Waals surface area contributed by atoms with Gasteiger partial charge in [0.2, 0.25) is 5.91 Å². The van der Waals surface area contributed by atoms with Crippen LogP contribution in [0.25, 0.3) is 0 Å². The number of nitrogens with one attached hydrogen (secondary N) is 1. The van der Waals surface area contributed by atoms with Gasteiger partial charge in [-0.3, -0.25) is 4.79 Å². The number of likely N-dealkylation sites (tertiary alicyclic amines) is 1. The van der Waals surface area contributed by atoms with E-state index in [-0.39, 0.29) is 5.91 Å². The fraction of sp³-hybridized carbons (Fsp3) is 0.909. The highest BCUT2D eigenvalue weighted by Gasteiger charge is 2.28. The van der Waals surface area contributed by atoms with E-state index in [1.807, 2.05) is 0 Å². The molecule has 1 fully saturated rings. The highest BCUT2D eigenvalue weighted by molar-refractivity contribution is 7.87. The molecular formula is C11H24N4O3S. The van der Waals surface area contributed by atoms with Crippen molar-refractivity contribution in [2.24, 2.45) is 5.73 Å². The van der Waals surface area contributed by atoms with E-state index in [0.717, 1.165) is 12.8 Å². The summed E-state index contributed by atoms with van der Waals surface area (Å²) < 4.78 is 27.5. The predicted octanol–water partition coefficient (Wildman–Crippen LogP) is -0.888. The van der Waals surface area contributed by atoms with Crippen LogP contribution in [0, 0.1) is 0 Å². The van der Waals surface area contributed by atoms with Crippen molar-refractivity contribution in [3.8, 4) is 0 Å². The van der Waals surface area contributed by atoms with E-state index in [1.165, 1.54) is 11.4 Å². The van der Waals surface area contributed by atoms with E-state index >= 15 is 0 Å². The van der Waals surface area contributed by atoms with Crippen molar-refractivity contribution in [1.82, 2.24) is 13.9 Å². The molecule has 0 aromatic carbocycles. The third kappa shape index (κ3) is 4.72. The second kappa shape index (κ2) is 7.18. The van der Waals surface area contributed by atoms with Gasteiger partial charge in [0.05, 0.1) is 6.04 Å².